The van der Waals surface area contributed by atoms with Crippen LogP contribution in [-0.4, -0.2) is 48.7 Å². The lowest BCUT2D eigenvalue weighted by atomic mass is 10.2. The van der Waals surface area contributed by atoms with Gasteiger partial charge in [0.05, 0.1) is 36.0 Å². The summed E-state index contributed by atoms with van der Waals surface area (Å²) in [5.74, 6) is -3.01. The number of esters is 1. The molecular weight excluding hydrogens is 378 g/mol. The van der Waals surface area contributed by atoms with Crippen LogP contribution in [0.5, 0.6) is 0 Å². The molecule has 1 aromatic carbocycles. The predicted molar refractivity (Wildman–Crippen MR) is 80.4 cm³/mol. The Hall–Kier alpha value is -2.00. The van der Waals surface area contributed by atoms with Crippen molar-refractivity contribution in [1.29, 1.82) is 0 Å². The zero-order valence-corrected chi connectivity index (χ0v) is 13.6. The highest BCUT2D eigenvalue weighted by Gasteiger charge is 2.34. The lowest BCUT2D eigenvalue weighted by Crippen LogP contribution is -2.31. The number of aliphatic hydroxyl groups is 1. The number of rotatable bonds is 5. The van der Waals surface area contributed by atoms with Crippen molar-refractivity contribution in [2.24, 2.45) is 0 Å². The van der Waals surface area contributed by atoms with Crippen LogP contribution < -0.4 is 5.32 Å². The number of amides is 1. The van der Waals surface area contributed by atoms with Crippen molar-refractivity contribution in [3.8, 4) is 0 Å². The smallest absolute Gasteiger partial charge is 0.337 e. The molecule has 0 aromatic heterocycles. The van der Waals surface area contributed by atoms with Crippen molar-refractivity contribution >= 4 is 33.5 Å². The van der Waals surface area contributed by atoms with Gasteiger partial charge in [-0.15, -0.1) is 0 Å². The Balaban J connectivity index is 2.41. The first kappa shape index (κ1) is 17.4. The SMILES string of the molecule is COC(=O)C1=C(Nc2cc(F)cc(F)c2Br)C(=O)N(CCO)C1. The Morgan fingerprint density at radius 3 is 2.78 bits per heavy atom. The van der Waals surface area contributed by atoms with Gasteiger partial charge in [0.15, 0.2) is 0 Å². The van der Waals surface area contributed by atoms with Gasteiger partial charge in [0.2, 0.25) is 0 Å². The Bertz CT molecular complexity index is 694. The molecule has 1 heterocycles. The standard InChI is InChI=1S/C14H13BrF2N2O4/c1-23-14(22)8-6-19(2-3-20)13(21)12(8)18-10-5-7(16)4-9(17)11(10)15/h4-5,18,20H,2-3,6H2,1H3. The second kappa shape index (κ2) is 7.05. The number of nitrogens with zero attached hydrogens (tertiary/aromatic N) is 1. The molecule has 1 aliphatic rings. The van der Waals surface area contributed by atoms with E-state index in [-0.39, 0.29) is 41.1 Å². The molecule has 0 radical (unpaired) electrons. The van der Waals surface area contributed by atoms with Crippen molar-refractivity contribution in [3.05, 3.63) is 39.5 Å². The first-order chi connectivity index (χ1) is 10.9. The lowest BCUT2D eigenvalue weighted by Gasteiger charge is -2.15. The number of β-amino-alcohol motifs (C(OH)–C–C–N with tert-alkyl or cyclic N) is 1. The number of methoxy groups -OCH3 is 1. The van der Waals surface area contributed by atoms with Crippen molar-refractivity contribution < 1.29 is 28.2 Å². The van der Waals surface area contributed by atoms with Gasteiger partial charge in [-0.3, -0.25) is 4.79 Å². The molecule has 0 saturated carbocycles. The van der Waals surface area contributed by atoms with E-state index in [0.29, 0.717) is 6.07 Å². The molecule has 124 valence electrons. The van der Waals surface area contributed by atoms with E-state index in [0.717, 1.165) is 13.2 Å². The summed E-state index contributed by atoms with van der Waals surface area (Å²) in [7, 11) is 1.16. The average molecular weight is 391 g/mol. The van der Waals surface area contributed by atoms with Crippen LogP contribution in [0.3, 0.4) is 0 Å². The number of hydrogen-bond donors (Lipinski definition) is 2. The third-order valence-corrected chi connectivity index (χ3v) is 4.01. The van der Waals surface area contributed by atoms with Crippen LogP contribution in [0.4, 0.5) is 14.5 Å². The van der Waals surface area contributed by atoms with Crippen LogP contribution in [0.2, 0.25) is 0 Å². The molecule has 1 aromatic rings. The van der Waals surface area contributed by atoms with E-state index in [1.807, 2.05) is 0 Å². The fraction of sp³-hybridized carbons (Fsp3) is 0.286. The number of hydrogen-bond acceptors (Lipinski definition) is 5. The number of ether oxygens (including phenoxy) is 1. The van der Waals surface area contributed by atoms with Crippen molar-refractivity contribution in [1.82, 2.24) is 4.90 Å². The minimum atomic E-state index is -0.856. The van der Waals surface area contributed by atoms with E-state index in [2.05, 4.69) is 26.0 Å². The van der Waals surface area contributed by atoms with Crippen LogP contribution >= 0.6 is 15.9 Å². The summed E-state index contributed by atoms with van der Waals surface area (Å²) >= 11 is 2.95. The van der Waals surface area contributed by atoms with Gasteiger partial charge in [-0.25, -0.2) is 13.6 Å². The lowest BCUT2D eigenvalue weighted by molar-refractivity contribution is -0.136. The molecule has 23 heavy (non-hydrogen) atoms. The van der Waals surface area contributed by atoms with Gasteiger partial charge in [-0.2, -0.15) is 0 Å². The normalized spacial score (nSPS) is 14.5. The van der Waals surface area contributed by atoms with E-state index in [9.17, 15) is 18.4 Å². The van der Waals surface area contributed by atoms with Gasteiger partial charge < -0.3 is 20.1 Å². The molecular formula is C14H13BrF2N2O4. The van der Waals surface area contributed by atoms with Crippen LogP contribution in [-0.2, 0) is 14.3 Å². The molecule has 0 saturated heterocycles. The number of halogens is 3. The Kier molecular flexibility index (Phi) is 5.32. The summed E-state index contributed by atoms with van der Waals surface area (Å²) in [6.07, 6.45) is 0. The maximum atomic E-state index is 13.6. The third-order valence-electron chi connectivity index (χ3n) is 3.21. The van der Waals surface area contributed by atoms with E-state index >= 15 is 0 Å². The maximum absolute atomic E-state index is 13.6. The second-order valence-corrected chi connectivity index (χ2v) is 5.46. The Morgan fingerprint density at radius 1 is 1.48 bits per heavy atom. The molecule has 1 amide bonds. The van der Waals surface area contributed by atoms with Gasteiger partial charge in [0.25, 0.3) is 5.91 Å². The Labute approximate surface area is 138 Å². The first-order valence-corrected chi connectivity index (χ1v) is 7.31. The second-order valence-electron chi connectivity index (χ2n) is 4.67. The van der Waals surface area contributed by atoms with Gasteiger partial charge >= 0.3 is 5.97 Å². The van der Waals surface area contributed by atoms with Crippen LogP contribution in [0.15, 0.2) is 27.9 Å². The van der Waals surface area contributed by atoms with Gasteiger partial charge in [-0.1, -0.05) is 0 Å². The van der Waals surface area contributed by atoms with Gasteiger partial charge in [0.1, 0.15) is 17.3 Å². The van der Waals surface area contributed by atoms with Crippen molar-refractivity contribution in [3.63, 3.8) is 0 Å². The number of benzene rings is 1. The fourth-order valence-corrected chi connectivity index (χ4v) is 2.46. The van der Waals surface area contributed by atoms with Gasteiger partial charge in [0, 0.05) is 12.6 Å². The monoisotopic (exact) mass is 390 g/mol. The molecule has 1 aliphatic heterocycles. The predicted octanol–water partition coefficient (Wildman–Crippen LogP) is 1.40. The molecule has 2 N–H and O–H groups in total. The quantitative estimate of drug-likeness (QED) is 0.586. The highest BCUT2D eigenvalue weighted by Crippen LogP contribution is 2.30. The van der Waals surface area contributed by atoms with Crippen molar-refractivity contribution in [2.45, 2.75) is 0 Å². The summed E-state index contributed by atoms with van der Waals surface area (Å²) in [6.45, 7) is -0.335. The number of carbonyl (C=O) groups excluding carboxylic acids is 2. The van der Waals surface area contributed by atoms with Crippen molar-refractivity contribution in [2.75, 3.05) is 32.1 Å². The average Bonchev–Trinajstić information content (AvgIpc) is 2.81. The molecule has 0 fully saturated rings. The Morgan fingerprint density at radius 2 is 2.17 bits per heavy atom. The number of anilines is 1. The van der Waals surface area contributed by atoms with E-state index in [4.69, 9.17) is 5.11 Å². The molecule has 0 aliphatic carbocycles. The minimum Gasteiger partial charge on any atom is -0.466 e. The summed E-state index contributed by atoms with van der Waals surface area (Å²) in [5, 5.41) is 11.5. The zero-order chi connectivity index (χ0) is 17.1. The fourth-order valence-electron chi connectivity index (χ4n) is 2.13. The third kappa shape index (κ3) is 3.50. The number of nitrogens with one attached hydrogen (secondary N) is 1. The molecule has 0 atom stereocenters. The van der Waals surface area contributed by atoms with Crippen LogP contribution in [0.25, 0.3) is 0 Å². The summed E-state index contributed by atoms with van der Waals surface area (Å²) in [5.41, 5.74) is -0.170. The molecule has 2 rings (SSSR count). The van der Waals surface area contributed by atoms with E-state index in [1.54, 1.807) is 0 Å². The molecule has 0 spiro atoms. The molecule has 6 nitrogen and oxygen atoms in total. The summed E-state index contributed by atoms with van der Waals surface area (Å²) in [4.78, 5) is 25.3. The molecule has 0 bridgehead atoms. The topological polar surface area (TPSA) is 78.9 Å². The molecule has 9 heteroatoms. The van der Waals surface area contributed by atoms with Gasteiger partial charge in [-0.05, 0) is 22.0 Å². The highest BCUT2D eigenvalue weighted by molar-refractivity contribution is 9.10. The minimum absolute atomic E-state index is 0.0162. The van der Waals surface area contributed by atoms with Crippen LogP contribution in [0.1, 0.15) is 0 Å². The summed E-state index contributed by atoms with van der Waals surface area (Å²) < 4.78 is 31.5. The highest BCUT2D eigenvalue weighted by atomic mass is 79.9. The van der Waals surface area contributed by atoms with E-state index < -0.39 is 23.5 Å². The number of carbonyl (C=O) groups is 2. The first-order valence-electron chi connectivity index (χ1n) is 6.52. The van der Waals surface area contributed by atoms with E-state index in [1.165, 1.54) is 4.90 Å². The maximum Gasteiger partial charge on any atom is 0.337 e. The zero-order valence-electron chi connectivity index (χ0n) is 12.0. The van der Waals surface area contributed by atoms with Crippen LogP contribution in [0, 0.1) is 11.6 Å². The number of aliphatic hydroxyl groups excluding tert-OH is 1. The molecule has 0 unspecified atom stereocenters. The largest absolute Gasteiger partial charge is 0.466 e. The summed E-state index contributed by atoms with van der Waals surface area (Å²) in [6, 6.07) is 1.66.